The van der Waals surface area contributed by atoms with E-state index < -0.39 is 29.2 Å². The highest BCUT2D eigenvalue weighted by atomic mass is 32.2. The van der Waals surface area contributed by atoms with E-state index in [9.17, 15) is 19.5 Å². The molecular formula is C21H21N7O5S2. The predicted molar refractivity (Wildman–Crippen MR) is 127 cm³/mol. The molecular weight excluding hydrogens is 494 g/mol. The average molecular weight is 516 g/mol. The Balaban J connectivity index is 1.48. The van der Waals surface area contributed by atoms with Crippen LogP contribution in [0.1, 0.15) is 5.69 Å². The Morgan fingerprint density at radius 2 is 2.14 bits per heavy atom. The molecule has 0 saturated carbocycles. The number of hydrogen-bond donors (Lipinski definition) is 3. The van der Waals surface area contributed by atoms with E-state index in [2.05, 4.69) is 15.5 Å². The first-order valence-electron chi connectivity index (χ1n) is 10.2. The molecule has 1 unspecified atom stereocenters. The molecule has 12 nitrogen and oxygen atoms in total. The van der Waals surface area contributed by atoms with Gasteiger partial charge in [-0.15, -0.1) is 23.1 Å². The van der Waals surface area contributed by atoms with Gasteiger partial charge in [0.05, 0.1) is 11.7 Å². The smallest absolute Gasteiger partial charge is 0.276 e. The molecule has 0 spiro atoms. The number of nitrogens with one attached hydrogen (secondary N) is 1. The normalized spacial score (nSPS) is 20.0. The van der Waals surface area contributed by atoms with Crippen molar-refractivity contribution >= 4 is 57.4 Å². The molecule has 1 fully saturated rings. The van der Waals surface area contributed by atoms with Gasteiger partial charge in [0.25, 0.3) is 11.8 Å². The molecule has 14 heteroatoms. The number of nitrogens with zero attached hydrogens (tertiary/aromatic N) is 4. The lowest BCUT2D eigenvalue weighted by Crippen LogP contribution is -2.71. The number of carboxylic acids is 1. The monoisotopic (exact) mass is 515 g/mol. The van der Waals surface area contributed by atoms with Crippen LogP contribution in [0.15, 0.2) is 58.5 Å². The molecule has 1 saturated heterocycles. The quantitative estimate of drug-likeness (QED) is 0.165. The number of fused-ring (bicyclic) bond motifs is 1. The molecule has 0 aromatic carbocycles. The van der Waals surface area contributed by atoms with Crippen LogP contribution in [0, 0.1) is 0 Å². The second-order valence-corrected chi connectivity index (χ2v) is 9.44. The highest BCUT2D eigenvalue weighted by molar-refractivity contribution is 8.00. The molecule has 2 aromatic rings. The van der Waals surface area contributed by atoms with Crippen LogP contribution in [0.25, 0.3) is 0 Å². The lowest BCUT2D eigenvalue weighted by Gasteiger charge is -2.50. The number of rotatable bonds is 8. The number of pyridine rings is 1. The molecule has 5 N–H and O–H groups in total. The molecule has 2 atom stereocenters. The predicted octanol–water partition coefficient (Wildman–Crippen LogP) is -1.39. The molecule has 0 radical (unpaired) electrons. The number of carboxylic acid groups (broad SMARTS) is 1. The fourth-order valence-electron chi connectivity index (χ4n) is 3.57. The molecule has 2 aliphatic heterocycles. The zero-order valence-corrected chi connectivity index (χ0v) is 20.0. The number of β-lactam (4-membered cyclic amide) rings is 1. The fraction of sp³-hybridized carbons (Fsp3) is 0.238. The summed E-state index contributed by atoms with van der Waals surface area (Å²) in [7, 11) is 1.27. The number of thiazole rings is 1. The second kappa shape index (κ2) is 10.1. The third-order valence-corrected chi connectivity index (χ3v) is 7.17. The summed E-state index contributed by atoms with van der Waals surface area (Å²) in [5, 5.41) is 19.4. The van der Waals surface area contributed by atoms with Crippen LogP contribution >= 0.6 is 23.1 Å². The van der Waals surface area contributed by atoms with E-state index in [4.69, 9.17) is 16.3 Å². The summed E-state index contributed by atoms with van der Waals surface area (Å²) in [6.45, 7) is 0.480. The van der Waals surface area contributed by atoms with Crippen LogP contribution in [0.4, 0.5) is 10.8 Å². The van der Waals surface area contributed by atoms with Crippen LogP contribution in [0.5, 0.6) is 0 Å². The van der Waals surface area contributed by atoms with Crippen LogP contribution in [-0.2, 0) is 25.8 Å². The number of hydrogen-bond acceptors (Lipinski definition) is 11. The van der Waals surface area contributed by atoms with Gasteiger partial charge in [0.2, 0.25) is 0 Å². The van der Waals surface area contributed by atoms with Crippen LogP contribution in [0.3, 0.4) is 0 Å². The van der Waals surface area contributed by atoms with Crippen molar-refractivity contribution in [2.75, 3.05) is 24.3 Å². The molecule has 2 amide bonds. The SMILES string of the molecule is CO/N=C(\C(=O)NC1C(=O)N2C(C(=O)[O-])=C(/C=C/C[n+]3ccc(N)cc3)CS[C@@H]12)c1csc(N)n1. The zero-order valence-electron chi connectivity index (χ0n) is 18.4. The van der Waals surface area contributed by atoms with Gasteiger partial charge in [-0.2, -0.15) is 0 Å². The maximum Gasteiger partial charge on any atom is 0.276 e. The van der Waals surface area contributed by atoms with Crippen molar-refractivity contribution in [3.05, 3.63) is 59.0 Å². The Hall–Kier alpha value is -3.91. The molecule has 0 aliphatic carbocycles. The Kier molecular flexibility index (Phi) is 7.02. The number of thioether (sulfide) groups is 1. The van der Waals surface area contributed by atoms with Gasteiger partial charge in [0.15, 0.2) is 29.8 Å². The summed E-state index contributed by atoms with van der Waals surface area (Å²) >= 11 is 2.45. The number of aliphatic carboxylic acids is 1. The lowest BCUT2D eigenvalue weighted by atomic mass is 10.0. The van der Waals surface area contributed by atoms with Gasteiger partial charge in [0, 0.05) is 29.0 Å². The molecule has 0 bridgehead atoms. The number of amides is 2. The largest absolute Gasteiger partial charge is 0.543 e. The van der Waals surface area contributed by atoms with E-state index in [1.165, 1.54) is 24.3 Å². The number of carbonyl (C=O) groups is 3. The minimum absolute atomic E-state index is 0.146. The molecule has 182 valence electrons. The topological polar surface area (TPSA) is 180 Å². The molecule has 4 heterocycles. The molecule has 2 aliphatic rings. The maximum atomic E-state index is 12.9. The van der Waals surface area contributed by atoms with Gasteiger partial charge in [-0.05, 0) is 11.6 Å². The van der Waals surface area contributed by atoms with Gasteiger partial charge in [-0.25, -0.2) is 9.55 Å². The number of carbonyl (C=O) groups excluding carboxylic acids is 3. The highest BCUT2D eigenvalue weighted by Crippen LogP contribution is 2.40. The maximum absolute atomic E-state index is 12.9. The third-order valence-electron chi connectivity index (χ3n) is 5.19. The summed E-state index contributed by atoms with van der Waals surface area (Å²) in [4.78, 5) is 47.5. The second-order valence-electron chi connectivity index (χ2n) is 7.45. The van der Waals surface area contributed by atoms with Gasteiger partial charge in [0.1, 0.15) is 24.2 Å². The van der Waals surface area contributed by atoms with E-state index in [0.29, 0.717) is 23.6 Å². The van der Waals surface area contributed by atoms with Crippen molar-refractivity contribution in [2.24, 2.45) is 5.16 Å². The lowest BCUT2D eigenvalue weighted by molar-refractivity contribution is -0.686. The number of allylic oxidation sites excluding steroid dienone is 2. The number of oxime groups is 1. The van der Waals surface area contributed by atoms with E-state index >= 15 is 0 Å². The summed E-state index contributed by atoms with van der Waals surface area (Å²) in [6, 6.07) is 2.55. The van der Waals surface area contributed by atoms with Crippen molar-refractivity contribution in [3.63, 3.8) is 0 Å². The van der Waals surface area contributed by atoms with E-state index in [0.717, 1.165) is 16.2 Å². The van der Waals surface area contributed by atoms with Gasteiger partial charge >= 0.3 is 0 Å². The minimum Gasteiger partial charge on any atom is -0.543 e. The van der Waals surface area contributed by atoms with Crippen molar-refractivity contribution in [1.82, 2.24) is 15.2 Å². The minimum atomic E-state index is -1.47. The van der Waals surface area contributed by atoms with Gasteiger partial charge in [-0.3, -0.25) is 14.5 Å². The van der Waals surface area contributed by atoms with E-state index in [-0.39, 0.29) is 22.2 Å². The first-order chi connectivity index (χ1) is 16.8. The van der Waals surface area contributed by atoms with Crippen LogP contribution in [-0.4, -0.2) is 57.7 Å². The summed E-state index contributed by atoms with van der Waals surface area (Å²) < 4.78 is 1.86. The van der Waals surface area contributed by atoms with Gasteiger partial charge in [-0.1, -0.05) is 11.2 Å². The van der Waals surface area contributed by atoms with E-state index in [1.807, 2.05) is 4.57 Å². The summed E-state index contributed by atoms with van der Waals surface area (Å²) in [6.07, 6.45) is 7.04. The third kappa shape index (κ3) is 4.97. The average Bonchev–Trinajstić information content (AvgIpc) is 3.27. The zero-order chi connectivity index (χ0) is 25.1. The Bertz CT molecular complexity index is 1260. The number of aromatic nitrogens is 2. The number of anilines is 2. The van der Waals surface area contributed by atoms with Gasteiger partial charge < -0.3 is 31.5 Å². The highest BCUT2D eigenvalue weighted by Gasteiger charge is 2.53. The summed E-state index contributed by atoms with van der Waals surface area (Å²) in [5.41, 5.74) is 12.2. The van der Waals surface area contributed by atoms with Crippen molar-refractivity contribution in [3.8, 4) is 0 Å². The van der Waals surface area contributed by atoms with Crippen molar-refractivity contribution < 1.29 is 28.9 Å². The first kappa shape index (κ1) is 24.2. The Labute approximate surface area is 207 Å². The van der Waals surface area contributed by atoms with Crippen molar-refractivity contribution in [1.29, 1.82) is 0 Å². The molecule has 2 aromatic heterocycles. The fourth-order valence-corrected chi connectivity index (χ4v) is 5.44. The summed E-state index contributed by atoms with van der Waals surface area (Å²) in [5.74, 6) is -2.41. The van der Waals surface area contributed by atoms with Crippen molar-refractivity contribution in [2.45, 2.75) is 18.0 Å². The standard InChI is InChI=1S/C21H21N7O5S2/c1-33-26-14(13-10-35-21(23)24-13)17(29)25-15-18(30)28-16(20(31)32)11(9-34-19(15)28)3-2-6-27-7-4-12(22)5-8-27/h2-5,7-8,10,15,19,22H,6,9H2,1H3,(H4,23,24,25,29,31,32)/b3-2+,26-14-/t15?,19-/m0/s1. The number of nitrogen functional groups attached to an aromatic ring is 2. The van der Waals surface area contributed by atoms with E-state index in [1.54, 1.807) is 36.7 Å². The molecule has 35 heavy (non-hydrogen) atoms. The first-order valence-corrected chi connectivity index (χ1v) is 12.2. The molecule has 4 rings (SSSR count). The Morgan fingerprint density at radius 1 is 1.40 bits per heavy atom. The van der Waals surface area contributed by atoms with Crippen LogP contribution < -0.4 is 26.5 Å². The van der Waals surface area contributed by atoms with Crippen LogP contribution in [0.2, 0.25) is 0 Å². The Morgan fingerprint density at radius 3 is 2.77 bits per heavy atom. The number of nitrogens with two attached hydrogens (primary N) is 2.